The van der Waals surface area contributed by atoms with Gasteiger partial charge in [0.1, 0.15) is 6.54 Å². The van der Waals surface area contributed by atoms with E-state index in [1.165, 1.54) is 4.90 Å². The van der Waals surface area contributed by atoms with Crippen LogP contribution in [0.2, 0.25) is 0 Å². The summed E-state index contributed by atoms with van der Waals surface area (Å²) >= 11 is 0. The topological polar surface area (TPSA) is 69.6 Å². The Morgan fingerprint density at radius 2 is 2.00 bits per heavy atom. The van der Waals surface area contributed by atoms with Crippen molar-refractivity contribution >= 4 is 12.0 Å². The third-order valence-corrected chi connectivity index (χ3v) is 3.77. The van der Waals surface area contributed by atoms with E-state index in [1.807, 2.05) is 0 Å². The van der Waals surface area contributed by atoms with Crippen LogP contribution in [0.4, 0.5) is 4.79 Å². The highest BCUT2D eigenvalue weighted by atomic mass is 16.4. The molecule has 1 saturated carbocycles. The van der Waals surface area contributed by atoms with Crippen molar-refractivity contribution in [1.82, 2.24) is 10.2 Å². The number of hydrogen-bond donors (Lipinski definition) is 2. The molecule has 1 aliphatic carbocycles. The van der Waals surface area contributed by atoms with Crippen molar-refractivity contribution in [3.05, 3.63) is 0 Å². The fraction of sp³-hybridized carbons (Fsp3) is 0.833. The smallest absolute Gasteiger partial charge is 0.323 e. The standard InChI is InChI=1S/C12H22N2O3/c1-4-14(7-11(15)16)12(17)13-10-6-5-8(2)9(10)3/h8-10H,4-7H2,1-3H3,(H,13,17)(H,15,16). The fourth-order valence-electron chi connectivity index (χ4n) is 2.31. The Morgan fingerprint density at radius 1 is 1.35 bits per heavy atom. The van der Waals surface area contributed by atoms with Crippen LogP contribution in [-0.2, 0) is 4.79 Å². The average molecular weight is 242 g/mol. The number of hydrogen-bond acceptors (Lipinski definition) is 2. The number of nitrogens with one attached hydrogen (secondary N) is 1. The van der Waals surface area contributed by atoms with E-state index in [2.05, 4.69) is 19.2 Å². The Morgan fingerprint density at radius 3 is 2.41 bits per heavy atom. The largest absolute Gasteiger partial charge is 0.480 e. The van der Waals surface area contributed by atoms with Crippen LogP contribution < -0.4 is 5.32 Å². The van der Waals surface area contributed by atoms with Crippen molar-refractivity contribution in [3.8, 4) is 0 Å². The van der Waals surface area contributed by atoms with Crippen LogP contribution in [0.3, 0.4) is 0 Å². The van der Waals surface area contributed by atoms with Gasteiger partial charge in [0, 0.05) is 12.6 Å². The number of amides is 2. The zero-order chi connectivity index (χ0) is 13.0. The van der Waals surface area contributed by atoms with Crippen molar-refractivity contribution in [3.63, 3.8) is 0 Å². The normalized spacial score (nSPS) is 27.8. The van der Waals surface area contributed by atoms with Gasteiger partial charge in [0.15, 0.2) is 0 Å². The highest BCUT2D eigenvalue weighted by Crippen LogP contribution is 2.31. The number of carbonyl (C=O) groups is 2. The Hall–Kier alpha value is -1.26. The second kappa shape index (κ2) is 5.89. The average Bonchev–Trinajstić information content (AvgIpc) is 2.57. The summed E-state index contributed by atoms with van der Waals surface area (Å²) in [6.07, 6.45) is 2.11. The Kier molecular flexibility index (Phi) is 4.78. The van der Waals surface area contributed by atoms with E-state index in [-0.39, 0.29) is 18.6 Å². The van der Waals surface area contributed by atoms with Gasteiger partial charge in [-0.05, 0) is 31.6 Å². The molecule has 3 unspecified atom stereocenters. The number of rotatable bonds is 4. The summed E-state index contributed by atoms with van der Waals surface area (Å²) in [5.41, 5.74) is 0. The molecule has 5 heteroatoms. The second-order valence-corrected chi connectivity index (χ2v) is 4.88. The SMILES string of the molecule is CCN(CC(=O)O)C(=O)NC1CCC(C)C1C. The molecule has 2 amide bonds. The van der Waals surface area contributed by atoms with Crippen molar-refractivity contribution < 1.29 is 14.7 Å². The molecule has 1 rings (SSSR count). The van der Waals surface area contributed by atoms with E-state index in [4.69, 9.17) is 5.11 Å². The third kappa shape index (κ3) is 3.61. The molecule has 0 heterocycles. The minimum absolute atomic E-state index is 0.181. The van der Waals surface area contributed by atoms with Crippen LogP contribution in [0.15, 0.2) is 0 Å². The number of aliphatic carboxylic acids is 1. The van der Waals surface area contributed by atoms with Gasteiger partial charge in [-0.25, -0.2) is 4.79 Å². The summed E-state index contributed by atoms with van der Waals surface area (Å²) in [6, 6.07) is -0.0822. The number of carboxylic acid groups (broad SMARTS) is 1. The molecule has 0 aromatic carbocycles. The van der Waals surface area contributed by atoms with Crippen molar-refractivity contribution in [2.24, 2.45) is 11.8 Å². The van der Waals surface area contributed by atoms with E-state index < -0.39 is 5.97 Å². The number of likely N-dealkylation sites (N-methyl/N-ethyl adjacent to an activating group) is 1. The summed E-state index contributed by atoms with van der Waals surface area (Å²) in [7, 11) is 0. The van der Waals surface area contributed by atoms with Crippen LogP contribution in [0.1, 0.15) is 33.6 Å². The monoisotopic (exact) mass is 242 g/mol. The molecule has 17 heavy (non-hydrogen) atoms. The lowest BCUT2D eigenvalue weighted by Crippen LogP contribution is -2.47. The van der Waals surface area contributed by atoms with Crippen molar-refractivity contribution in [2.75, 3.05) is 13.1 Å². The molecular weight excluding hydrogens is 220 g/mol. The minimum atomic E-state index is -0.977. The fourth-order valence-corrected chi connectivity index (χ4v) is 2.31. The van der Waals surface area contributed by atoms with Gasteiger partial charge in [-0.2, -0.15) is 0 Å². The van der Waals surface area contributed by atoms with Gasteiger partial charge in [-0.3, -0.25) is 4.79 Å². The van der Waals surface area contributed by atoms with Crippen LogP contribution in [0.5, 0.6) is 0 Å². The molecule has 1 aliphatic rings. The Labute approximate surface area is 102 Å². The van der Waals surface area contributed by atoms with Gasteiger partial charge < -0.3 is 15.3 Å². The maximum absolute atomic E-state index is 11.9. The lowest BCUT2D eigenvalue weighted by Gasteiger charge is -2.25. The Bertz CT molecular complexity index is 293. The highest BCUT2D eigenvalue weighted by Gasteiger charge is 2.31. The maximum atomic E-state index is 11.9. The van der Waals surface area contributed by atoms with Gasteiger partial charge in [0.05, 0.1) is 0 Å². The van der Waals surface area contributed by atoms with E-state index in [0.29, 0.717) is 18.4 Å². The van der Waals surface area contributed by atoms with Gasteiger partial charge in [0.2, 0.25) is 0 Å². The zero-order valence-corrected chi connectivity index (χ0v) is 10.8. The number of carboxylic acids is 1. The molecule has 0 saturated heterocycles. The quantitative estimate of drug-likeness (QED) is 0.785. The molecule has 0 aromatic rings. The molecule has 0 bridgehead atoms. The molecular formula is C12H22N2O3. The summed E-state index contributed by atoms with van der Waals surface area (Å²) in [6.45, 7) is 6.28. The second-order valence-electron chi connectivity index (χ2n) is 4.88. The Balaban J connectivity index is 2.50. The summed E-state index contributed by atoms with van der Waals surface area (Å²) < 4.78 is 0. The van der Waals surface area contributed by atoms with E-state index in [0.717, 1.165) is 12.8 Å². The lowest BCUT2D eigenvalue weighted by atomic mass is 9.98. The number of nitrogens with zero attached hydrogens (tertiary/aromatic N) is 1. The molecule has 2 N–H and O–H groups in total. The lowest BCUT2D eigenvalue weighted by molar-refractivity contribution is -0.137. The molecule has 0 radical (unpaired) electrons. The number of carbonyl (C=O) groups excluding carboxylic acids is 1. The molecule has 0 aliphatic heterocycles. The van der Waals surface area contributed by atoms with Gasteiger partial charge >= 0.3 is 12.0 Å². The first-order valence-corrected chi connectivity index (χ1v) is 6.23. The zero-order valence-electron chi connectivity index (χ0n) is 10.8. The van der Waals surface area contributed by atoms with Crippen LogP contribution in [0.25, 0.3) is 0 Å². The maximum Gasteiger partial charge on any atom is 0.323 e. The predicted octanol–water partition coefficient (Wildman–Crippen LogP) is 1.54. The van der Waals surface area contributed by atoms with E-state index in [9.17, 15) is 9.59 Å². The molecule has 1 fully saturated rings. The molecule has 0 spiro atoms. The predicted molar refractivity (Wildman–Crippen MR) is 64.8 cm³/mol. The summed E-state index contributed by atoms with van der Waals surface area (Å²) in [5, 5.41) is 11.6. The molecule has 5 nitrogen and oxygen atoms in total. The van der Waals surface area contributed by atoms with Gasteiger partial charge in [0.25, 0.3) is 0 Å². The van der Waals surface area contributed by atoms with Gasteiger partial charge in [-0.15, -0.1) is 0 Å². The number of urea groups is 1. The first-order chi connectivity index (χ1) is 7.95. The summed E-state index contributed by atoms with van der Waals surface area (Å²) in [4.78, 5) is 23.8. The van der Waals surface area contributed by atoms with E-state index >= 15 is 0 Å². The minimum Gasteiger partial charge on any atom is -0.480 e. The third-order valence-electron chi connectivity index (χ3n) is 3.77. The van der Waals surface area contributed by atoms with Crippen LogP contribution in [0, 0.1) is 11.8 Å². The van der Waals surface area contributed by atoms with Crippen LogP contribution >= 0.6 is 0 Å². The molecule has 3 atom stereocenters. The summed E-state index contributed by atoms with van der Waals surface area (Å²) in [5.74, 6) is 0.104. The van der Waals surface area contributed by atoms with Crippen molar-refractivity contribution in [1.29, 1.82) is 0 Å². The van der Waals surface area contributed by atoms with E-state index in [1.54, 1.807) is 6.92 Å². The highest BCUT2D eigenvalue weighted by molar-refractivity contribution is 5.80. The van der Waals surface area contributed by atoms with Crippen molar-refractivity contribution in [2.45, 2.75) is 39.7 Å². The van der Waals surface area contributed by atoms with Gasteiger partial charge in [-0.1, -0.05) is 13.8 Å². The first-order valence-electron chi connectivity index (χ1n) is 6.23. The first kappa shape index (κ1) is 13.8. The molecule has 98 valence electrons. The van der Waals surface area contributed by atoms with Crippen LogP contribution in [-0.4, -0.2) is 41.1 Å². The molecule has 0 aromatic heterocycles.